The van der Waals surface area contributed by atoms with E-state index >= 15 is 0 Å². The molecule has 2 heteroatoms. The lowest BCUT2D eigenvalue weighted by atomic mass is 9.79. The molecule has 2 aromatic heterocycles. The standard InChI is InChI=1S/C14H18N2/c1-10-2-4-11(5-3-10)12-6-8-15-14-13(12)7-9-16-14/h6-11H,2-5H2,1H3,(H,15,16). The summed E-state index contributed by atoms with van der Waals surface area (Å²) in [5.74, 6) is 1.66. The van der Waals surface area contributed by atoms with E-state index < -0.39 is 0 Å². The maximum atomic E-state index is 4.36. The third kappa shape index (κ3) is 1.62. The highest BCUT2D eigenvalue weighted by Crippen LogP contribution is 2.37. The number of aromatic amines is 1. The van der Waals surface area contributed by atoms with E-state index in [-0.39, 0.29) is 0 Å². The minimum Gasteiger partial charge on any atom is -0.346 e. The van der Waals surface area contributed by atoms with Crippen molar-refractivity contribution in [3.8, 4) is 0 Å². The Labute approximate surface area is 96.1 Å². The van der Waals surface area contributed by atoms with Crippen LogP contribution in [0, 0.1) is 5.92 Å². The second-order valence-corrected chi connectivity index (χ2v) is 5.10. The minimum absolute atomic E-state index is 0.748. The molecule has 2 aromatic rings. The molecule has 1 aliphatic carbocycles. The largest absolute Gasteiger partial charge is 0.346 e. The molecule has 3 rings (SSSR count). The first-order valence-electron chi connectivity index (χ1n) is 6.26. The van der Waals surface area contributed by atoms with Crippen LogP contribution in [0.3, 0.4) is 0 Å². The fraction of sp³-hybridized carbons (Fsp3) is 0.500. The lowest BCUT2D eigenvalue weighted by Crippen LogP contribution is -2.11. The topological polar surface area (TPSA) is 28.7 Å². The second-order valence-electron chi connectivity index (χ2n) is 5.10. The molecular formula is C14H18N2. The fourth-order valence-corrected chi connectivity index (χ4v) is 2.91. The van der Waals surface area contributed by atoms with E-state index in [2.05, 4.69) is 29.0 Å². The number of rotatable bonds is 1. The van der Waals surface area contributed by atoms with Crippen LogP contribution < -0.4 is 0 Å². The van der Waals surface area contributed by atoms with Crippen molar-refractivity contribution in [3.05, 3.63) is 30.1 Å². The summed E-state index contributed by atoms with van der Waals surface area (Å²) in [4.78, 5) is 7.55. The predicted octanol–water partition coefficient (Wildman–Crippen LogP) is 3.86. The van der Waals surface area contributed by atoms with E-state index in [9.17, 15) is 0 Å². The first kappa shape index (κ1) is 9.88. The Bertz CT molecular complexity index is 478. The predicted molar refractivity (Wildman–Crippen MR) is 66.5 cm³/mol. The summed E-state index contributed by atoms with van der Waals surface area (Å²) in [5.41, 5.74) is 2.54. The number of aromatic nitrogens is 2. The zero-order valence-corrected chi connectivity index (χ0v) is 9.74. The summed E-state index contributed by atoms with van der Waals surface area (Å²) in [6.07, 6.45) is 9.35. The highest BCUT2D eigenvalue weighted by Gasteiger charge is 2.21. The van der Waals surface area contributed by atoms with Gasteiger partial charge in [0.2, 0.25) is 0 Å². The first-order chi connectivity index (χ1) is 7.84. The molecule has 0 aliphatic heterocycles. The van der Waals surface area contributed by atoms with E-state index in [1.54, 1.807) is 0 Å². The molecule has 1 saturated carbocycles. The van der Waals surface area contributed by atoms with Gasteiger partial charge in [-0.1, -0.05) is 19.8 Å². The fourth-order valence-electron chi connectivity index (χ4n) is 2.91. The van der Waals surface area contributed by atoms with Gasteiger partial charge in [-0.25, -0.2) is 4.98 Å². The van der Waals surface area contributed by atoms with Gasteiger partial charge in [0.25, 0.3) is 0 Å². The first-order valence-corrected chi connectivity index (χ1v) is 6.26. The number of hydrogen-bond acceptors (Lipinski definition) is 1. The molecule has 0 radical (unpaired) electrons. The molecule has 2 heterocycles. The third-order valence-corrected chi connectivity index (χ3v) is 3.95. The molecule has 0 saturated heterocycles. The summed E-state index contributed by atoms with van der Waals surface area (Å²) >= 11 is 0. The smallest absolute Gasteiger partial charge is 0.137 e. The Morgan fingerprint density at radius 1 is 1.19 bits per heavy atom. The lowest BCUT2D eigenvalue weighted by molar-refractivity contribution is 0.349. The van der Waals surface area contributed by atoms with Gasteiger partial charge in [-0.3, -0.25) is 0 Å². The second kappa shape index (κ2) is 3.93. The molecular weight excluding hydrogens is 196 g/mol. The van der Waals surface area contributed by atoms with Crippen LogP contribution >= 0.6 is 0 Å². The summed E-state index contributed by atoms with van der Waals surface area (Å²) < 4.78 is 0. The Balaban J connectivity index is 1.96. The number of nitrogens with zero attached hydrogens (tertiary/aromatic N) is 1. The summed E-state index contributed by atoms with van der Waals surface area (Å²) in [7, 11) is 0. The number of fused-ring (bicyclic) bond motifs is 1. The van der Waals surface area contributed by atoms with Gasteiger partial charge < -0.3 is 4.98 Å². The van der Waals surface area contributed by atoms with Crippen LogP contribution in [0.15, 0.2) is 24.5 Å². The number of pyridine rings is 1. The van der Waals surface area contributed by atoms with Gasteiger partial charge in [-0.15, -0.1) is 0 Å². The van der Waals surface area contributed by atoms with Gasteiger partial charge >= 0.3 is 0 Å². The van der Waals surface area contributed by atoms with Gasteiger partial charge in [0.15, 0.2) is 0 Å². The van der Waals surface area contributed by atoms with Crippen molar-refractivity contribution in [2.24, 2.45) is 5.92 Å². The monoisotopic (exact) mass is 214 g/mol. The van der Waals surface area contributed by atoms with E-state index in [1.807, 2.05) is 12.4 Å². The molecule has 1 fully saturated rings. The third-order valence-electron chi connectivity index (χ3n) is 3.95. The van der Waals surface area contributed by atoms with Crippen molar-refractivity contribution >= 4 is 11.0 Å². The van der Waals surface area contributed by atoms with Crippen LogP contribution in [0.5, 0.6) is 0 Å². The average molecular weight is 214 g/mol. The molecule has 16 heavy (non-hydrogen) atoms. The highest BCUT2D eigenvalue weighted by molar-refractivity contribution is 5.79. The van der Waals surface area contributed by atoms with Crippen LogP contribution in [0.1, 0.15) is 44.1 Å². The van der Waals surface area contributed by atoms with E-state index in [0.29, 0.717) is 0 Å². The molecule has 1 aliphatic rings. The maximum absolute atomic E-state index is 4.36. The lowest BCUT2D eigenvalue weighted by Gasteiger charge is -2.26. The van der Waals surface area contributed by atoms with E-state index in [4.69, 9.17) is 0 Å². The van der Waals surface area contributed by atoms with Gasteiger partial charge in [-0.05, 0) is 42.4 Å². The Morgan fingerprint density at radius 3 is 2.81 bits per heavy atom. The summed E-state index contributed by atoms with van der Waals surface area (Å²) in [6.45, 7) is 2.37. The SMILES string of the molecule is CC1CCC(c2ccnc3[nH]ccc23)CC1. The Morgan fingerprint density at radius 2 is 2.00 bits per heavy atom. The molecule has 1 N–H and O–H groups in total. The van der Waals surface area contributed by atoms with E-state index in [0.717, 1.165) is 17.5 Å². The van der Waals surface area contributed by atoms with Gasteiger partial charge in [0, 0.05) is 17.8 Å². The molecule has 0 bridgehead atoms. The Hall–Kier alpha value is -1.31. The zero-order valence-electron chi connectivity index (χ0n) is 9.74. The zero-order chi connectivity index (χ0) is 11.0. The van der Waals surface area contributed by atoms with Crippen LogP contribution in [0.4, 0.5) is 0 Å². The molecule has 0 amide bonds. The maximum Gasteiger partial charge on any atom is 0.137 e. The number of H-pyrrole nitrogens is 1. The highest BCUT2D eigenvalue weighted by atomic mass is 14.8. The van der Waals surface area contributed by atoms with Crippen LogP contribution in [0.25, 0.3) is 11.0 Å². The number of hydrogen-bond donors (Lipinski definition) is 1. The molecule has 0 aromatic carbocycles. The van der Waals surface area contributed by atoms with Crippen molar-refractivity contribution in [1.82, 2.24) is 9.97 Å². The average Bonchev–Trinajstić information content (AvgIpc) is 2.78. The van der Waals surface area contributed by atoms with Gasteiger partial charge in [-0.2, -0.15) is 0 Å². The molecule has 2 nitrogen and oxygen atoms in total. The molecule has 0 spiro atoms. The number of nitrogens with one attached hydrogen (secondary N) is 1. The van der Waals surface area contributed by atoms with E-state index in [1.165, 1.54) is 36.6 Å². The van der Waals surface area contributed by atoms with Crippen LogP contribution in [0.2, 0.25) is 0 Å². The van der Waals surface area contributed by atoms with Crippen molar-refractivity contribution in [2.45, 2.75) is 38.5 Å². The normalized spacial score (nSPS) is 26.1. The molecule has 84 valence electrons. The molecule has 0 atom stereocenters. The Kier molecular flexibility index (Phi) is 2.43. The van der Waals surface area contributed by atoms with Gasteiger partial charge in [0.1, 0.15) is 5.65 Å². The quantitative estimate of drug-likeness (QED) is 0.767. The van der Waals surface area contributed by atoms with Crippen LogP contribution in [-0.2, 0) is 0 Å². The summed E-state index contributed by atoms with van der Waals surface area (Å²) in [6, 6.07) is 4.37. The van der Waals surface area contributed by atoms with Gasteiger partial charge in [0.05, 0.1) is 0 Å². The van der Waals surface area contributed by atoms with Crippen molar-refractivity contribution < 1.29 is 0 Å². The van der Waals surface area contributed by atoms with Crippen molar-refractivity contribution in [3.63, 3.8) is 0 Å². The molecule has 0 unspecified atom stereocenters. The minimum atomic E-state index is 0.748. The van der Waals surface area contributed by atoms with Crippen molar-refractivity contribution in [1.29, 1.82) is 0 Å². The van der Waals surface area contributed by atoms with Crippen LogP contribution in [-0.4, -0.2) is 9.97 Å². The summed E-state index contributed by atoms with van der Waals surface area (Å²) in [5, 5.41) is 1.32. The van der Waals surface area contributed by atoms with Crippen molar-refractivity contribution in [2.75, 3.05) is 0 Å².